The number of amides is 1. The summed E-state index contributed by atoms with van der Waals surface area (Å²) < 4.78 is 26.7. The Morgan fingerprint density at radius 2 is 1.41 bits per heavy atom. The standard InChI is InChI=1S/C22H27NO11/c1-11(24)30-9-17-19(23-22(29)15-6-5-7-16(28)8-15)21(33-14(4)27)20(32-13(3)26)18(34-17)10-31-12(2)25/h5-8,17-21,28H,9-10H2,1-4H3,(H,23,29)/t17-,18?,19?,20-,21?/m0/s1. The summed E-state index contributed by atoms with van der Waals surface area (Å²) in [6.45, 7) is 3.86. The average molecular weight is 481 g/mol. The van der Waals surface area contributed by atoms with E-state index in [9.17, 15) is 29.1 Å². The van der Waals surface area contributed by atoms with Gasteiger partial charge in [-0.2, -0.15) is 0 Å². The summed E-state index contributed by atoms with van der Waals surface area (Å²) in [6.07, 6.45) is -4.75. The number of ether oxygens (including phenoxy) is 5. The number of aromatic hydroxyl groups is 1. The molecule has 34 heavy (non-hydrogen) atoms. The van der Waals surface area contributed by atoms with Crippen LogP contribution in [0.5, 0.6) is 5.75 Å². The Morgan fingerprint density at radius 3 is 1.94 bits per heavy atom. The van der Waals surface area contributed by atoms with Crippen molar-refractivity contribution in [3.63, 3.8) is 0 Å². The zero-order chi connectivity index (χ0) is 25.4. The molecule has 1 amide bonds. The Hall–Kier alpha value is -3.67. The zero-order valence-corrected chi connectivity index (χ0v) is 19.1. The Kier molecular flexibility index (Phi) is 9.36. The smallest absolute Gasteiger partial charge is 0.303 e. The van der Waals surface area contributed by atoms with Crippen LogP contribution in [0.2, 0.25) is 0 Å². The van der Waals surface area contributed by atoms with E-state index in [1.54, 1.807) is 0 Å². The molecule has 1 fully saturated rings. The molecule has 1 aromatic rings. The minimum Gasteiger partial charge on any atom is -0.508 e. The van der Waals surface area contributed by atoms with Crippen LogP contribution in [0.3, 0.4) is 0 Å². The van der Waals surface area contributed by atoms with Gasteiger partial charge in [0, 0.05) is 33.3 Å². The van der Waals surface area contributed by atoms with Crippen LogP contribution < -0.4 is 5.32 Å². The fraction of sp³-hybridized carbons (Fsp3) is 0.500. The monoisotopic (exact) mass is 481 g/mol. The lowest BCUT2D eigenvalue weighted by Gasteiger charge is -2.45. The van der Waals surface area contributed by atoms with E-state index in [4.69, 9.17) is 23.7 Å². The number of benzene rings is 1. The molecule has 0 bridgehead atoms. The van der Waals surface area contributed by atoms with Crippen molar-refractivity contribution in [3.8, 4) is 5.75 Å². The van der Waals surface area contributed by atoms with Gasteiger partial charge in [-0.1, -0.05) is 6.07 Å². The molecule has 3 unspecified atom stereocenters. The number of phenols is 1. The first-order valence-electron chi connectivity index (χ1n) is 10.3. The number of hydrogen-bond donors (Lipinski definition) is 2. The predicted octanol–water partition coefficient (Wildman–Crippen LogP) is 0.248. The quantitative estimate of drug-likeness (QED) is 0.386. The molecule has 1 aliphatic heterocycles. The molecule has 5 atom stereocenters. The number of rotatable bonds is 8. The minimum absolute atomic E-state index is 0.0823. The van der Waals surface area contributed by atoms with Gasteiger partial charge < -0.3 is 34.1 Å². The Labute approximate surface area is 195 Å². The number of carbonyl (C=O) groups is 5. The van der Waals surface area contributed by atoms with Gasteiger partial charge in [-0.05, 0) is 18.2 Å². The molecule has 1 aromatic carbocycles. The van der Waals surface area contributed by atoms with E-state index >= 15 is 0 Å². The highest BCUT2D eigenvalue weighted by atomic mass is 16.6. The third kappa shape index (κ3) is 7.73. The van der Waals surface area contributed by atoms with Crippen molar-refractivity contribution < 1.29 is 52.8 Å². The molecule has 12 nitrogen and oxygen atoms in total. The average Bonchev–Trinajstić information content (AvgIpc) is 2.73. The summed E-state index contributed by atoms with van der Waals surface area (Å²) in [7, 11) is 0. The molecule has 186 valence electrons. The maximum atomic E-state index is 12.9. The zero-order valence-electron chi connectivity index (χ0n) is 19.1. The Morgan fingerprint density at radius 1 is 0.853 bits per heavy atom. The second kappa shape index (κ2) is 12.0. The maximum Gasteiger partial charge on any atom is 0.303 e. The SMILES string of the molecule is CC(=O)OCC1O[C@@H](COC(C)=O)C(NC(=O)c2cccc(O)c2)C(OC(C)=O)[C@H]1OC(C)=O. The van der Waals surface area contributed by atoms with Crippen LogP contribution in [-0.4, -0.2) is 78.6 Å². The van der Waals surface area contributed by atoms with Gasteiger partial charge in [-0.3, -0.25) is 24.0 Å². The van der Waals surface area contributed by atoms with Crippen molar-refractivity contribution in [2.75, 3.05) is 13.2 Å². The van der Waals surface area contributed by atoms with E-state index in [0.717, 1.165) is 13.8 Å². The van der Waals surface area contributed by atoms with Gasteiger partial charge in [-0.25, -0.2) is 0 Å². The molecule has 1 saturated heterocycles. The number of carbonyl (C=O) groups excluding carboxylic acids is 5. The molecule has 1 aliphatic rings. The van der Waals surface area contributed by atoms with Crippen molar-refractivity contribution in [1.29, 1.82) is 0 Å². The highest BCUT2D eigenvalue weighted by molar-refractivity contribution is 5.94. The summed E-state index contributed by atoms with van der Waals surface area (Å²) in [6, 6.07) is 4.33. The van der Waals surface area contributed by atoms with Gasteiger partial charge in [0.05, 0.1) is 6.04 Å². The van der Waals surface area contributed by atoms with E-state index < -0.39 is 60.2 Å². The first-order chi connectivity index (χ1) is 16.0. The van der Waals surface area contributed by atoms with Crippen molar-refractivity contribution in [2.45, 2.75) is 58.2 Å². The van der Waals surface area contributed by atoms with Crippen LogP contribution in [0.4, 0.5) is 0 Å². The summed E-state index contributed by atoms with van der Waals surface area (Å²) in [4.78, 5) is 59.4. The molecule has 2 rings (SSSR count). The van der Waals surface area contributed by atoms with Gasteiger partial charge in [0.25, 0.3) is 5.91 Å². The lowest BCUT2D eigenvalue weighted by atomic mass is 9.92. The fourth-order valence-corrected chi connectivity index (χ4v) is 3.41. The van der Waals surface area contributed by atoms with Crippen LogP contribution in [0.1, 0.15) is 38.1 Å². The highest BCUT2D eigenvalue weighted by Crippen LogP contribution is 2.28. The molecule has 12 heteroatoms. The van der Waals surface area contributed by atoms with Crippen LogP contribution in [0.15, 0.2) is 24.3 Å². The van der Waals surface area contributed by atoms with E-state index in [1.807, 2.05) is 0 Å². The van der Waals surface area contributed by atoms with Gasteiger partial charge in [-0.15, -0.1) is 0 Å². The summed E-state index contributed by atoms with van der Waals surface area (Å²) in [5.74, 6) is -3.59. The van der Waals surface area contributed by atoms with Crippen LogP contribution >= 0.6 is 0 Å². The van der Waals surface area contributed by atoms with E-state index in [2.05, 4.69) is 5.32 Å². The summed E-state index contributed by atoms with van der Waals surface area (Å²) in [5, 5.41) is 12.3. The Balaban J connectivity index is 2.45. The largest absolute Gasteiger partial charge is 0.508 e. The van der Waals surface area contributed by atoms with Crippen LogP contribution in [0, 0.1) is 0 Å². The number of nitrogens with one attached hydrogen (secondary N) is 1. The topological polar surface area (TPSA) is 164 Å². The first-order valence-corrected chi connectivity index (χ1v) is 10.3. The molecule has 0 aromatic heterocycles. The molecule has 2 N–H and O–H groups in total. The second-order valence-corrected chi connectivity index (χ2v) is 7.52. The van der Waals surface area contributed by atoms with Crippen molar-refractivity contribution in [3.05, 3.63) is 29.8 Å². The molecular weight excluding hydrogens is 454 g/mol. The van der Waals surface area contributed by atoms with Gasteiger partial charge in [0.2, 0.25) is 0 Å². The van der Waals surface area contributed by atoms with Gasteiger partial charge in [0.1, 0.15) is 31.2 Å². The second-order valence-electron chi connectivity index (χ2n) is 7.52. The third-order valence-electron chi connectivity index (χ3n) is 4.71. The van der Waals surface area contributed by atoms with Crippen LogP contribution in [0.25, 0.3) is 0 Å². The molecule has 1 heterocycles. The Bertz CT molecular complexity index is 931. The van der Waals surface area contributed by atoms with Gasteiger partial charge >= 0.3 is 23.9 Å². The summed E-state index contributed by atoms with van der Waals surface area (Å²) in [5.41, 5.74) is 0.0823. The van der Waals surface area contributed by atoms with Crippen LogP contribution in [-0.2, 0) is 42.9 Å². The van der Waals surface area contributed by atoms with Crippen molar-refractivity contribution in [2.24, 2.45) is 0 Å². The maximum absolute atomic E-state index is 12.9. The van der Waals surface area contributed by atoms with Crippen molar-refractivity contribution >= 4 is 29.8 Å². The van der Waals surface area contributed by atoms with E-state index in [-0.39, 0.29) is 24.5 Å². The molecule has 0 radical (unpaired) electrons. The van der Waals surface area contributed by atoms with Gasteiger partial charge in [0.15, 0.2) is 12.2 Å². The lowest BCUT2D eigenvalue weighted by molar-refractivity contribution is -0.228. The van der Waals surface area contributed by atoms with E-state index in [0.29, 0.717) is 0 Å². The van der Waals surface area contributed by atoms with E-state index in [1.165, 1.54) is 38.1 Å². The molecule has 0 aliphatic carbocycles. The first kappa shape index (κ1) is 26.6. The number of esters is 4. The summed E-state index contributed by atoms with van der Waals surface area (Å²) >= 11 is 0. The lowest BCUT2D eigenvalue weighted by Crippen LogP contribution is -2.67. The number of hydrogen-bond acceptors (Lipinski definition) is 11. The molecule has 0 saturated carbocycles. The highest BCUT2D eigenvalue weighted by Gasteiger charge is 2.51. The normalized spacial score (nSPS) is 23.8. The minimum atomic E-state index is -1.29. The molecule has 0 spiro atoms. The van der Waals surface area contributed by atoms with Crippen molar-refractivity contribution in [1.82, 2.24) is 5.32 Å². The number of phenolic OH excluding ortho intramolecular Hbond substituents is 1. The third-order valence-corrected chi connectivity index (χ3v) is 4.71. The molecular formula is C22H27NO11. The fourth-order valence-electron chi connectivity index (χ4n) is 3.41. The predicted molar refractivity (Wildman–Crippen MR) is 112 cm³/mol.